The summed E-state index contributed by atoms with van der Waals surface area (Å²) >= 11 is 0. The lowest BCUT2D eigenvalue weighted by Crippen LogP contribution is -2.31. The molecule has 0 heterocycles. The molecule has 5 nitrogen and oxygen atoms in total. The van der Waals surface area contributed by atoms with Gasteiger partial charge in [-0.1, -0.05) is 12.1 Å². The van der Waals surface area contributed by atoms with Gasteiger partial charge in [-0.2, -0.15) is 0 Å². The summed E-state index contributed by atoms with van der Waals surface area (Å²) in [5.41, 5.74) is 0.326. The van der Waals surface area contributed by atoms with Crippen molar-refractivity contribution in [2.75, 3.05) is 6.61 Å². The van der Waals surface area contributed by atoms with Crippen molar-refractivity contribution in [3.8, 4) is 5.75 Å². The molecule has 0 spiro atoms. The van der Waals surface area contributed by atoms with Crippen LogP contribution in [0, 0.1) is 0 Å². The molecule has 1 unspecified atom stereocenters. The standard InChI is InChI=1S/C12H13F2NO4/c1-7(16)15-11(12(17)18)8-2-4-9(5-3-8)19-6-10(13)14/h2-5,10-11H,6H2,1H3,(H,15,16)(H,17,18). The summed E-state index contributed by atoms with van der Waals surface area (Å²) in [7, 11) is 0. The quantitative estimate of drug-likeness (QED) is 0.825. The lowest BCUT2D eigenvalue weighted by molar-refractivity contribution is -0.141. The fourth-order valence-electron chi connectivity index (χ4n) is 1.41. The van der Waals surface area contributed by atoms with Crippen LogP contribution in [0.25, 0.3) is 0 Å². The highest BCUT2D eigenvalue weighted by Gasteiger charge is 2.20. The van der Waals surface area contributed by atoms with Gasteiger partial charge in [-0.05, 0) is 17.7 Å². The number of hydrogen-bond donors (Lipinski definition) is 2. The SMILES string of the molecule is CC(=O)NC(C(=O)O)c1ccc(OCC(F)F)cc1. The van der Waals surface area contributed by atoms with Gasteiger partial charge in [0.05, 0.1) is 0 Å². The Morgan fingerprint density at radius 2 is 1.89 bits per heavy atom. The average Bonchev–Trinajstić information content (AvgIpc) is 2.33. The molecule has 0 saturated carbocycles. The number of alkyl halides is 2. The normalized spacial score (nSPS) is 12.0. The minimum absolute atomic E-state index is 0.205. The second-order valence-corrected chi connectivity index (χ2v) is 3.74. The van der Waals surface area contributed by atoms with E-state index in [2.05, 4.69) is 5.32 Å². The van der Waals surface area contributed by atoms with E-state index in [1.165, 1.54) is 31.2 Å². The molecule has 1 aromatic rings. The second-order valence-electron chi connectivity index (χ2n) is 3.74. The van der Waals surface area contributed by atoms with E-state index >= 15 is 0 Å². The van der Waals surface area contributed by atoms with Gasteiger partial charge in [-0.15, -0.1) is 0 Å². The molecule has 104 valence electrons. The van der Waals surface area contributed by atoms with Gasteiger partial charge < -0.3 is 15.2 Å². The lowest BCUT2D eigenvalue weighted by Gasteiger charge is -2.14. The van der Waals surface area contributed by atoms with Crippen molar-refractivity contribution in [2.45, 2.75) is 19.4 Å². The van der Waals surface area contributed by atoms with Gasteiger partial charge in [0.15, 0.2) is 6.04 Å². The zero-order chi connectivity index (χ0) is 14.4. The number of amides is 1. The number of ether oxygens (including phenoxy) is 1. The monoisotopic (exact) mass is 273 g/mol. The van der Waals surface area contributed by atoms with E-state index in [0.29, 0.717) is 5.56 Å². The fraction of sp³-hybridized carbons (Fsp3) is 0.333. The largest absolute Gasteiger partial charge is 0.488 e. The summed E-state index contributed by atoms with van der Waals surface area (Å²) in [6.45, 7) is 0.476. The van der Waals surface area contributed by atoms with Gasteiger partial charge in [0.2, 0.25) is 5.91 Å². The van der Waals surface area contributed by atoms with E-state index in [9.17, 15) is 18.4 Å². The Morgan fingerprint density at radius 1 is 1.32 bits per heavy atom. The molecule has 0 saturated heterocycles. The van der Waals surface area contributed by atoms with Crippen molar-refractivity contribution in [3.63, 3.8) is 0 Å². The highest BCUT2D eigenvalue weighted by Crippen LogP contribution is 2.18. The highest BCUT2D eigenvalue weighted by molar-refractivity contribution is 5.83. The van der Waals surface area contributed by atoms with Crippen LogP contribution in [0.4, 0.5) is 8.78 Å². The van der Waals surface area contributed by atoms with Crippen LogP contribution in [-0.2, 0) is 9.59 Å². The predicted molar refractivity (Wildman–Crippen MR) is 62.1 cm³/mol. The molecular weight excluding hydrogens is 260 g/mol. The number of halogens is 2. The van der Waals surface area contributed by atoms with Crippen LogP contribution in [0.5, 0.6) is 5.75 Å². The van der Waals surface area contributed by atoms with Crippen LogP contribution in [0.15, 0.2) is 24.3 Å². The van der Waals surface area contributed by atoms with Crippen LogP contribution in [0.3, 0.4) is 0 Å². The van der Waals surface area contributed by atoms with Crippen molar-refractivity contribution in [1.82, 2.24) is 5.32 Å². The third-order valence-corrected chi connectivity index (χ3v) is 2.18. The highest BCUT2D eigenvalue weighted by atomic mass is 19.3. The van der Waals surface area contributed by atoms with E-state index in [1.54, 1.807) is 0 Å². The molecule has 0 radical (unpaired) electrons. The molecule has 0 aliphatic rings. The van der Waals surface area contributed by atoms with Crippen LogP contribution >= 0.6 is 0 Å². The first-order chi connectivity index (χ1) is 8.90. The number of hydrogen-bond acceptors (Lipinski definition) is 3. The Balaban J connectivity index is 2.77. The van der Waals surface area contributed by atoms with E-state index in [0.717, 1.165) is 0 Å². The molecule has 19 heavy (non-hydrogen) atoms. The van der Waals surface area contributed by atoms with Gasteiger partial charge in [0.1, 0.15) is 12.4 Å². The maximum absolute atomic E-state index is 11.9. The second kappa shape index (κ2) is 6.67. The van der Waals surface area contributed by atoms with Gasteiger partial charge in [0.25, 0.3) is 6.43 Å². The minimum Gasteiger partial charge on any atom is -0.488 e. The van der Waals surface area contributed by atoms with Crippen molar-refractivity contribution in [3.05, 3.63) is 29.8 Å². The Bertz CT molecular complexity index is 448. The molecule has 0 aromatic heterocycles. The van der Waals surface area contributed by atoms with E-state index in [1.807, 2.05) is 0 Å². The molecule has 1 aromatic carbocycles. The molecule has 2 N–H and O–H groups in total. The molecule has 1 atom stereocenters. The number of rotatable bonds is 6. The zero-order valence-electron chi connectivity index (χ0n) is 10.1. The molecule has 0 aliphatic carbocycles. The first kappa shape index (κ1) is 14.9. The molecule has 1 amide bonds. The Hall–Kier alpha value is -2.18. The number of carboxylic acid groups (broad SMARTS) is 1. The minimum atomic E-state index is -2.58. The van der Waals surface area contributed by atoms with Crippen LogP contribution in [-0.4, -0.2) is 30.0 Å². The van der Waals surface area contributed by atoms with Gasteiger partial charge >= 0.3 is 5.97 Å². The van der Waals surface area contributed by atoms with E-state index in [-0.39, 0.29) is 5.75 Å². The fourth-order valence-corrected chi connectivity index (χ4v) is 1.41. The number of aliphatic carboxylic acids is 1. The predicted octanol–water partition coefficient (Wildman–Crippen LogP) is 1.59. The van der Waals surface area contributed by atoms with Crippen molar-refractivity contribution < 1.29 is 28.2 Å². The molecule has 0 fully saturated rings. The third kappa shape index (κ3) is 4.90. The maximum atomic E-state index is 11.9. The first-order valence-corrected chi connectivity index (χ1v) is 5.41. The summed E-state index contributed by atoms with van der Waals surface area (Å²) in [4.78, 5) is 21.9. The summed E-state index contributed by atoms with van der Waals surface area (Å²) in [5.74, 6) is -1.49. The number of carboxylic acids is 1. The van der Waals surface area contributed by atoms with E-state index in [4.69, 9.17) is 9.84 Å². The Morgan fingerprint density at radius 3 is 2.32 bits per heavy atom. The first-order valence-electron chi connectivity index (χ1n) is 5.41. The van der Waals surface area contributed by atoms with Crippen LogP contribution in [0.1, 0.15) is 18.5 Å². The van der Waals surface area contributed by atoms with Crippen LogP contribution < -0.4 is 10.1 Å². The van der Waals surface area contributed by atoms with Crippen molar-refractivity contribution >= 4 is 11.9 Å². The molecule has 7 heteroatoms. The number of nitrogens with one attached hydrogen (secondary N) is 1. The summed E-state index contributed by atoms with van der Waals surface area (Å²) in [6, 6.07) is 4.36. The van der Waals surface area contributed by atoms with Gasteiger partial charge in [-0.25, -0.2) is 13.6 Å². The Labute approximate surface area is 108 Å². The summed E-state index contributed by atoms with van der Waals surface area (Å²) in [6.07, 6.45) is -2.58. The zero-order valence-corrected chi connectivity index (χ0v) is 10.1. The molecular formula is C12H13F2NO4. The smallest absolute Gasteiger partial charge is 0.330 e. The topological polar surface area (TPSA) is 75.6 Å². The number of carbonyl (C=O) groups excluding carboxylic acids is 1. The summed E-state index contributed by atoms with van der Waals surface area (Å²) < 4.78 is 28.6. The third-order valence-electron chi connectivity index (χ3n) is 2.18. The number of carbonyl (C=O) groups is 2. The van der Waals surface area contributed by atoms with Crippen molar-refractivity contribution in [1.29, 1.82) is 0 Å². The maximum Gasteiger partial charge on any atom is 0.330 e. The molecule has 1 rings (SSSR count). The molecule has 0 bridgehead atoms. The lowest BCUT2D eigenvalue weighted by atomic mass is 10.1. The van der Waals surface area contributed by atoms with Crippen LogP contribution in [0.2, 0.25) is 0 Å². The van der Waals surface area contributed by atoms with Crippen molar-refractivity contribution in [2.24, 2.45) is 0 Å². The van der Waals surface area contributed by atoms with E-state index < -0.39 is 31.0 Å². The molecule has 0 aliphatic heterocycles. The summed E-state index contributed by atoms with van der Waals surface area (Å²) in [5, 5.41) is 11.2. The van der Waals surface area contributed by atoms with Gasteiger partial charge in [-0.3, -0.25) is 4.79 Å². The Kier molecular flexibility index (Phi) is 5.23. The average molecular weight is 273 g/mol. The van der Waals surface area contributed by atoms with Gasteiger partial charge in [0, 0.05) is 6.92 Å². The number of benzene rings is 1.